The third-order valence-corrected chi connectivity index (χ3v) is 2.04. The number of carbonyl (C=O) groups is 1. The Morgan fingerprint density at radius 3 is 2.81 bits per heavy atom. The predicted molar refractivity (Wildman–Crippen MR) is 53.3 cm³/mol. The summed E-state index contributed by atoms with van der Waals surface area (Å²) >= 11 is 5.54. The van der Waals surface area contributed by atoms with Gasteiger partial charge in [-0.25, -0.2) is 19.2 Å². The lowest BCUT2D eigenvalue weighted by atomic mass is 10.4. The number of nitrogens with zero attached hydrogens (tertiary/aromatic N) is 3. The Labute approximate surface area is 94.1 Å². The van der Waals surface area contributed by atoms with Crippen molar-refractivity contribution in [1.29, 1.82) is 0 Å². The Hall–Kier alpha value is -1.95. The second kappa shape index (κ2) is 3.90. The Bertz CT molecular complexity index is 555. The van der Waals surface area contributed by atoms with E-state index in [0.29, 0.717) is 0 Å². The number of aromatic carboxylic acids is 1. The van der Waals surface area contributed by atoms with Crippen LogP contribution in [-0.4, -0.2) is 25.6 Å². The third-order valence-electron chi connectivity index (χ3n) is 1.83. The van der Waals surface area contributed by atoms with E-state index in [2.05, 4.69) is 9.97 Å². The molecule has 2 aromatic heterocycles. The smallest absolute Gasteiger partial charge is 0.356 e. The van der Waals surface area contributed by atoms with Crippen LogP contribution < -0.4 is 0 Å². The number of carboxylic acids is 1. The quantitative estimate of drug-likeness (QED) is 0.870. The number of hydrogen-bond donors (Lipinski definition) is 1. The highest BCUT2D eigenvalue weighted by Gasteiger charge is 2.11. The second-order valence-corrected chi connectivity index (χ2v) is 3.37. The summed E-state index contributed by atoms with van der Waals surface area (Å²) in [6.45, 7) is 0. The van der Waals surface area contributed by atoms with Crippen LogP contribution in [0.3, 0.4) is 0 Å². The molecule has 2 rings (SSSR count). The fraction of sp³-hybridized carbons (Fsp3) is 0. The molecule has 0 bridgehead atoms. The van der Waals surface area contributed by atoms with Gasteiger partial charge < -0.3 is 5.11 Å². The summed E-state index contributed by atoms with van der Waals surface area (Å²) in [6.07, 6.45) is 3.60. The van der Waals surface area contributed by atoms with E-state index < -0.39 is 11.8 Å². The van der Waals surface area contributed by atoms with E-state index in [1.807, 2.05) is 0 Å². The Kier molecular flexibility index (Phi) is 2.57. The van der Waals surface area contributed by atoms with Gasteiger partial charge in [0.15, 0.2) is 17.3 Å². The first kappa shape index (κ1) is 10.6. The van der Waals surface area contributed by atoms with Gasteiger partial charge in [-0.2, -0.15) is 0 Å². The maximum absolute atomic E-state index is 13.4. The van der Waals surface area contributed by atoms with E-state index in [9.17, 15) is 9.18 Å². The topological polar surface area (TPSA) is 68.0 Å². The fourth-order valence-corrected chi connectivity index (χ4v) is 1.29. The van der Waals surface area contributed by atoms with Gasteiger partial charge in [-0.1, -0.05) is 11.6 Å². The van der Waals surface area contributed by atoms with Crippen molar-refractivity contribution in [3.05, 3.63) is 41.3 Å². The zero-order valence-corrected chi connectivity index (χ0v) is 8.52. The van der Waals surface area contributed by atoms with Crippen molar-refractivity contribution in [2.75, 3.05) is 0 Å². The minimum atomic E-state index is -1.19. The number of hydrogen-bond acceptors (Lipinski definition) is 3. The Morgan fingerprint density at radius 2 is 2.25 bits per heavy atom. The van der Waals surface area contributed by atoms with Gasteiger partial charge in [0.05, 0.1) is 5.02 Å². The van der Waals surface area contributed by atoms with Gasteiger partial charge in [-0.05, 0) is 6.07 Å². The van der Waals surface area contributed by atoms with Crippen molar-refractivity contribution in [3.63, 3.8) is 0 Å². The summed E-state index contributed by atoms with van der Waals surface area (Å²) in [5.74, 6) is -1.89. The molecule has 5 nitrogen and oxygen atoms in total. The summed E-state index contributed by atoms with van der Waals surface area (Å²) in [4.78, 5) is 17.9. The van der Waals surface area contributed by atoms with E-state index in [4.69, 9.17) is 16.7 Å². The molecule has 0 saturated heterocycles. The van der Waals surface area contributed by atoms with Crippen LogP contribution in [0.15, 0.2) is 24.8 Å². The first-order valence-electron chi connectivity index (χ1n) is 4.16. The molecule has 2 aromatic rings. The fourth-order valence-electron chi connectivity index (χ4n) is 1.15. The number of rotatable bonds is 2. The van der Waals surface area contributed by atoms with E-state index >= 15 is 0 Å². The van der Waals surface area contributed by atoms with Crippen LogP contribution in [0.4, 0.5) is 4.39 Å². The largest absolute Gasteiger partial charge is 0.476 e. The molecule has 0 unspecified atom stereocenters. The predicted octanol–water partition coefficient (Wildman–Crippen LogP) is 1.76. The van der Waals surface area contributed by atoms with Crippen LogP contribution in [0, 0.1) is 5.82 Å². The lowest BCUT2D eigenvalue weighted by Gasteiger charge is -2.01. The van der Waals surface area contributed by atoms with Crippen molar-refractivity contribution >= 4 is 17.6 Å². The zero-order chi connectivity index (χ0) is 11.7. The van der Waals surface area contributed by atoms with Crippen LogP contribution in [0.1, 0.15) is 10.5 Å². The second-order valence-electron chi connectivity index (χ2n) is 2.93. The van der Waals surface area contributed by atoms with E-state index in [0.717, 1.165) is 6.07 Å². The standard InChI is InChI=1S/C9H5ClFN3O2/c10-5-1-6(11)8(12-2-5)14-3-7(9(15)16)13-4-14/h1-4H,(H,15,16). The van der Waals surface area contributed by atoms with Gasteiger partial charge in [0.2, 0.25) is 0 Å². The number of pyridine rings is 1. The highest BCUT2D eigenvalue weighted by Crippen LogP contribution is 2.15. The normalized spacial score (nSPS) is 10.4. The van der Waals surface area contributed by atoms with Gasteiger partial charge in [-0.3, -0.25) is 4.57 Å². The zero-order valence-electron chi connectivity index (χ0n) is 7.76. The van der Waals surface area contributed by atoms with Crippen molar-refractivity contribution in [3.8, 4) is 5.82 Å². The first-order chi connectivity index (χ1) is 7.58. The van der Waals surface area contributed by atoms with Crippen LogP contribution in [0.2, 0.25) is 5.02 Å². The summed E-state index contributed by atoms with van der Waals surface area (Å²) in [6, 6.07) is 1.09. The molecule has 0 radical (unpaired) electrons. The molecule has 0 aliphatic rings. The van der Waals surface area contributed by atoms with Crippen LogP contribution in [0.5, 0.6) is 0 Å². The molecule has 82 valence electrons. The van der Waals surface area contributed by atoms with Crippen LogP contribution >= 0.6 is 11.6 Å². The maximum Gasteiger partial charge on any atom is 0.356 e. The Morgan fingerprint density at radius 1 is 1.50 bits per heavy atom. The summed E-state index contributed by atoms with van der Waals surface area (Å²) in [5.41, 5.74) is -0.184. The van der Waals surface area contributed by atoms with Crippen molar-refractivity contribution < 1.29 is 14.3 Å². The minimum absolute atomic E-state index is 0.0515. The molecule has 16 heavy (non-hydrogen) atoms. The van der Waals surface area contributed by atoms with Gasteiger partial charge in [0.25, 0.3) is 0 Å². The molecule has 0 aromatic carbocycles. The molecule has 1 N–H and O–H groups in total. The molecule has 0 aliphatic carbocycles. The van der Waals surface area contributed by atoms with Crippen molar-refractivity contribution in [2.24, 2.45) is 0 Å². The molecule has 0 spiro atoms. The number of halogens is 2. The SMILES string of the molecule is O=C(O)c1cn(-c2ncc(Cl)cc2F)cn1. The Balaban J connectivity index is 2.46. The molecular weight excluding hydrogens is 237 g/mol. The number of aromatic nitrogens is 3. The van der Waals surface area contributed by atoms with E-state index in [1.54, 1.807) is 0 Å². The van der Waals surface area contributed by atoms with Crippen LogP contribution in [-0.2, 0) is 0 Å². The molecule has 0 saturated carbocycles. The average Bonchev–Trinajstić information content (AvgIpc) is 2.66. The van der Waals surface area contributed by atoms with Crippen LogP contribution in [0.25, 0.3) is 5.82 Å². The highest BCUT2D eigenvalue weighted by atomic mass is 35.5. The van der Waals surface area contributed by atoms with Gasteiger partial charge in [0.1, 0.15) is 6.33 Å². The molecule has 0 atom stereocenters. The van der Waals surface area contributed by atoms with Crippen molar-refractivity contribution in [1.82, 2.24) is 14.5 Å². The average molecular weight is 242 g/mol. The van der Waals surface area contributed by atoms with Gasteiger partial charge in [0, 0.05) is 12.4 Å². The molecule has 7 heteroatoms. The minimum Gasteiger partial charge on any atom is -0.476 e. The molecule has 0 aliphatic heterocycles. The van der Waals surface area contributed by atoms with Gasteiger partial charge in [-0.15, -0.1) is 0 Å². The molecule has 0 amide bonds. The molecular formula is C9H5ClFN3O2. The monoisotopic (exact) mass is 241 g/mol. The number of carboxylic acid groups (broad SMARTS) is 1. The van der Waals surface area contributed by atoms with E-state index in [1.165, 1.54) is 23.3 Å². The first-order valence-corrected chi connectivity index (χ1v) is 4.54. The summed E-state index contributed by atoms with van der Waals surface area (Å²) in [7, 11) is 0. The summed E-state index contributed by atoms with van der Waals surface area (Å²) < 4.78 is 14.6. The lowest BCUT2D eigenvalue weighted by Crippen LogP contribution is -1.99. The molecule has 0 fully saturated rings. The van der Waals surface area contributed by atoms with Crippen molar-refractivity contribution in [2.45, 2.75) is 0 Å². The van der Waals surface area contributed by atoms with E-state index in [-0.39, 0.29) is 16.5 Å². The number of imidazole rings is 1. The third kappa shape index (κ3) is 1.87. The highest BCUT2D eigenvalue weighted by molar-refractivity contribution is 6.30. The van der Waals surface area contributed by atoms with Gasteiger partial charge >= 0.3 is 5.97 Å². The summed E-state index contributed by atoms with van der Waals surface area (Å²) in [5, 5.41) is 8.81. The lowest BCUT2D eigenvalue weighted by molar-refractivity contribution is 0.0691. The maximum atomic E-state index is 13.4. The molecule has 2 heterocycles.